The highest BCUT2D eigenvalue weighted by atomic mass is 79.9. The molecule has 124 valence electrons. The molecular formula is C16H20BrClN4O. The molecule has 1 saturated heterocycles. The molecule has 1 unspecified atom stereocenters. The Bertz CT molecular complexity index is 703. The molecule has 1 amide bonds. The number of amides is 1. The van der Waals surface area contributed by atoms with Crippen molar-refractivity contribution < 1.29 is 4.79 Å². The van der Waals surface area contributed by atoms with E-state index in [4.69, 9.17) is 0 Å². The van der Waals surface area contributed by atoms with Crippen molar-refractivity contribution in [3.8, 4) is 0 Å². The second-order valence-electron chi connectivity index (χ2n) is 5.57. The summed E-state index contributed by atoms with van der Waals surface area (Å²) in [6, 6.07) is 5.78. The topological polar surface area (TPSA) is 50.2 Å². The highest BCUT2D eigenvalue weighted by Crippen LogP contribution is 2.25. The summed E-state index contributed by atoms with van der Waals surface area (Å²) in [4.78, 5) is 19.4. The molecule has 0 aliphatic carbocycles. The molecule has 2 heterocycles. The van der Waals surface area contributed by atoms with Crippen molar-refractivity contribution in [1.82, 2.24) is 19.8 Å². The smallest absolute Gasteiger partial charge is 0.254 e. The average Bonchev–Trinajstić information content (AvgIpc) is 2.95. The number of carbonyl (C=O) groups excluding carboxylic acids is 1. The number of nitrogens with one attached hydrogen (secondary N) is 1. The zero-order valence-corrected chi connectivity index (χ0v) is 15.5. The van der Waals surface area contributed by atoms with E-state index in [1.807, 2.05) is 47.8 Å². The Morgan fingerprint density at radius 2 is 2.22 bits per heavy atom. The molecule has 0 radical (unpaired) electrons. The average molecular weight is 400 g/mol. The maximum atomic E-state index is 13.0. The Labute approximate surface area is 150 Å². The number of nitrogens with zero attached hydrogens (tertiary/aromatic N) is 3. The number of halogens is 2. The Balaban J connectivity index is 0.00000192. The lowest BCUT2D eigenvalue weighted by molar-refractivity contribution is 0.0620. The minimum absolute atomic E-state index is 0. The number of imidazole rings is 1. The summed E-state index contributed by atoms with van der Waals surface area (Å²) in [5, 5.41) is 3.36. The zero-order valence-electron chi connectivity index (χ0n) is 13.1. The number of rotatable bonds is 2. The third-order valence-corrected chi connectivity index (χ3v) is 4.58. The molecule has 1 aliphatic heterocycles. The van der Waals surface area contributed by atoms with Crippen molar-refractivity contribution in [1.29, 1.82) is 0 Å². The maximum absolute atomic E-state index is 13.0. The van der Waals surface area contributed by atoms with E-state index >= 15 is 0 Å². The Kier molecular flexibility index (Phi) is 5.84. The summed E-state index contributed by atoms with van der Waals surface area (Å²) in [6.07, 6.45) is 3.69. The van der Waals surface area contributed by atoms with Crippen LogP contribution in [0.3, 0.4) is 0 Å². The first-order valence-electron chi connectivity index (χ1n) is 7.33. The molecule has 5 nitrogen and oxygen atoms in total. The highest BCUT2D eigenvalue weighted by molar-refractivity contribution is 9.10. The van der Waals surface area contributed by atoms with Gasteiger partial charge in [0.15, 0.2) is 0 Å². The molecule has 1 N–H and O–H groups in total. The van der Waals surface area contributed by atoms with Crippen LogP contribution >= 0.6 is 28.3 Å². The van der Waals surface area contributed by atoms with Gasteiger partial charge in [0.1, 0.15) is 11.9 Å². The lowest BCUT2D eigenvalue weighted by atomic mass is 10.1. The van der Waals surface area contributed by atoms with Crippen LogP contribution in [0.4, 0.5) is 0 Å². The molecule has 0 saturated carbocycles. The van der Waals surface area contributed by atoms with Crippen LogP contribution in [0.25, 0.3) is 0 Å². The largest absolute Gasteiger partial charge is 0.336 e. The van der Waals surface area contributed by atoms with Gasteiger partial charge in [-0.1, -0.05) is 22.0 Å². The van der Waals surface area contributed by atoms with Crippen LogP contribution in [0, 0.1) is 6.92 Å². The van der Waals surface area contributed by atoms with Crippen LogP contribution in [-0.2, 0) is 7.05 Å². The Hall–Kier alpha value is -1.37. The third-order valence-electron chi connectivity index (χ3n) is 4.09. The van der Waals surface area contributed by atoms with Crippen LogP contribution in [0.5, 0.6) is 0 Å². The van der Waals surface area contributed by atoms with Gasteiger partial charge in [0.2, 0.25) is 0 Å². The van der Waals surface area contributed by atoms with Gasteiger partial charge < -0.3 is 14.8 Å². The first-order valence-corrected chi connectivity index (χ1v) is 8.12. The van der Waals surface area contributed by atoms with E-state index in [1.165, 1.54) is 0 Å². The quantitative estimate of drug-likeness (QED) is 0.845. The minimum atomic E-state index is -0.0420. The summed E-state index contributed by atoms with van der Waals surface area (Å²) in [5.74, 6) is 0.974. The molecule has 23 heavy (non-hydrogen) atoms. The maximum Gasteiger partial charge on any atom is 0.254 e. The van der Waals surface area contributed by atoms with E-state index in [9.17, 15) is 4.79 Å². The van der Waals surface area contributed by atoms with Crippen molar-refractivity contribution in [3.05, 3.63) is 52.0 Å². The number of aryl methyl sites for hydroxylation is 2. The van der Waals surface area contributed by atoms with Crippen LogP contribution in [0.1, 0.15) is 27.8 Å². The van der Waals surface area contributed by atoms with Gasteiger partial charge in [0.05, 0.1) is 0 Å². The summed E-state index contributed by atoms with van der Waals surface area (Å²) in [5.41, 5.74) is 1.74. The van der Waals surface area contributed by atoms with Gasteiger partial charge in [0.25, 0.3) is 5.91 Å². The molecular weight excluding hydrogens is 380 g/mol. The van der Waals surface area contributed by atoms with Gasteiger partial charge in [-0.3, -0.25) is 4.79 Å². The van der Waals surface area contributed by atoms with Crippen molar-refractivity contribution in [2.45, 2.75) is 13.0 Å². The summed E-state index contributed by atoms with van der Waals surface area (Å²) in [6.45, 7) is 4.18. The summed E-state index contributed by atoms with van der Waals surface area (Å²) >= 11 is 3.45. The van der Waals surface area contributed by atoms with Gasteiger partial charge in [-0.2, -0.15) is 0 Å². The lowest BCUT2D eigenvalue weighted by Crippen LogP contribution is -2.49. The van der Waals surface area contributed by atoms with E-state index in [2.05, 4.69) is 26.2 Å². The van der Waals surface area contributed by atoms with Crippen molar-refractivity contribution >= 4 is 34.2 Å². The molecule has 3 rings (SSSR count). The van der Waals surface area contributed by atoms with Gasteiger partial charge in [-0.25, -0.2) is 4.98 Å². The molecule has 2 aromatic rings. The monoisotopic (exact) mass is 398 g/mol. The molecule has 1 aliphatic rings. The number of carbonyl (C=O) groups is 1. The van der Waals surface area contributed by atoms with Gasteiger partial charge in [-0.05, 0) is 24.6 Å². The SMILES string of the molecule is Cc1ccc(Br)cc1C(=O)N1CCNCC1c1nccn1C.Cl. The van der Waals surface area contributed by atoms with Gasteiger partial charge in [0, 0.05) is 49.1 Å². The predicted molar refractivity (Wildman–Crippen MR) is 96.0 cm³/mol. The zero-order chi connectivity index (χ0) is 15.7. The number of hydrogen-bond donors (Lipinski definition) is 1. The van der Waals surface area contributed by atoms with Crippen LogP contribution < -0.4 is 5.32 Å². The second kappa shape index (κ2) is 7.47. The summed E-state index contributed by atoms with van der Waals surface area (Å²) < 4.78 is 2.90. The Morgan fingerprint density at radius 3 is 2.91 bits per heavy atom. The molecule has 0 bridgehead atoms. The second-order valence-corrected chi connectivity index (χ2v) is 6.49. The van der Waals surface area contributed by atoms with E-state index in [-0.39, 0.29) is 24.4 Å². The van der Waals surface area contributed by atoms with Crippen LogP contribution in [0.2, 0.25) is 0 Å². The molecule has 0 spiro atoms. The lowest BCUT2D eigenvalue weighted by Gasteiger charge is -2.36. The van der Waals surface area contributed by atoms with Crippen molar-refractivity contribution in [3.63, 3.8) is 0 Å². The Morgan fingerprint density at radius 1 is 1.43 bits per heavy atom. The standard InChI is InChI=1S/C16H19BrN4O.ClH/c1-11-3-4-12(17)9-13(11)16(22)21-8-5-18-10-14(21)15-19-6-7-20(15)2;/h3-4,6-7,9,14,18H,5,8,10H2,1-2H3;1H. The normalized spacial score (nSPS) is 17.7. The number of aromatic nitrogens is 2. The molecule has 7 heteroatoms. The minimum Gasteiger partial charge on any atom is -0.336 e. The van der Waals surface area contributed by atoms with Gasteiger partial charge >= 0.3 is 0 Å². The highest BCUT2D eigenvalue weighted by Gasteiger charge is 2.31. The van der Waals surface area contributed by atoms with Gasteiger partial charge in [-0.15, -0.1) is 12.4 Å². The molecule has 1 aromatic carbocycles. The summed E-state index contributed by atoms with van der Waals surface area (Å²) in [7, 11) is 1.96. The first kappa shape index (κ1) is 18.0. The van der Waals surface area contributed by atoms with E-state index < -0.39 is 0 Å². The number of benzene rings is 1. The van der Waals surface area contributed by atoms with E-state index in [1.54, 1.807) is 6.20 Å². The molecule has 1 aromatic heterocycles. The number of piperazine rings is 1. The van der Waals surface area contributed by atoms with Crippen LogP contribution in [0.15, 0.2) is 35.1 Å². The fraction of sp³-hybridized carbons (Fsp3) is 0.375. The van der Waals surface area contributed by atoms with Crippen LogP contribution in [-0.4, -0.2) is 40.0 Å². The van der Waals surface area contributed by atoms with E-state index in [0.29, 0.717) is 6.54 Å². The fourth-order valence-electron chi connectivity index (χ4n) is 2.86. The molecule has 1 atom stereocenters. The van der Waals surface area contributed by atoms with Crippen molar-refractivity contribution in [2.75, 3.05) is 19.6 Å². The van der Waals surface area contributed by atoms with Crippen molar-refractivity contribution in [2.24, 2.45) is 7.05 Å². The predicted octanol–water partition coefficient (Wildman–Crippen LogP) is 2.70. The molecule has 1 fully saturated rings. The number of hydrogen-bond acceptors (Lipinski definition) is 3. The van der Waals surface area contributed by atoms with E-state index in [0.717, 1.165) is 34.5 Å². The first-order chi connectivity index (χ1) is 10.6. The third kappa shape index (κ3) is 3.59. The fourth-order valence-corrected chi connectivity index (χ4v) is 3.22.